The third kappa shape index (κ3) is 4.27. The third-order valence-corrected chi connectivity index (χ3v) is 6.16. The molecule has 1 aliphatic rings. The number of hydrogen-bond donors (Lipinski definition) is 0. The van der Waals surface area contributed by atoms with Gasteiger partial charge in [0.1, 0.15) is 5.75 Å². The first-order chi connectivity index (χ1) is 13.6. The molecule has 1 aliphatic heterocycles. The molecule has 0 saturated heterocycles. The van der Waals surface area contributed by atoms with Crippen molar-refractivity contribution < 1.29 is 27.5 Å². The summed E-state index contributed by atoms with van der Waals surface area (Å²) in [4.78, 5) is 24.7. The van der Waals surface area contributed by atoms with E-state index in [0.717, 1.165) is 17.4 Å². The first-order valence-corrected chi connectivity index (χ1v) is 10.9. The van der Waals surface area contributed by atoms with Crippen molar-refractivity contribution in [3.05, 3.63) is 58.7 Å². The number of hydrogen-bond acceptors (Lipinski definition) is 6. The van der Waals surface area contributed by atoms with Crippen LogP contribution < -0.4 is 9.04 Å². The average Bonchev–Trinajstić information content (AvgIpc) is 3.01. The van der Waals surface area contributed by atoms with Crippen LogP contribution in [0.2, 0.25) is 0 Å². The van der Waals surface area contributed by atoms with E-state index in [4.69, 9.17) is 9.47 Å². The molecule has 2 aromatic rings. The number of sulfonamides is 1. The molecule has 29 heavy (non-hydrogen) atoms. The normalized spacial score (nSPS) is 15.7. The molecular formula is C21H23NO6S. The maximum Gasteiger partial charge on any atom is 0.338 e. The first kappa shape index (κ1) is 20.9. The van der Waals surface area contributed by atoms with E-state index in [2.05, 4.69) is 0 Å². The van der Waals surface area contributed by atoms with E-state index in [-0.39, 0.29) is 11.8 Å². The summed E-state index contributed by atoms with van der Waals surface area (Å²) in [7, 11) is -1.88. The van der Waals surface area contributed by atoms with Crippen LogP contribution in [0.1, 0.15) is 38.8 Å². The molecule has 0 fully saturated rings. The lowest BCUT2D eigenvalue weighted by Crippen LogP contribution is -2.34. The van der Waals surface area contributed by atoms with Gasteiger partial charge in [-0.1, -0.05) is 6.07 Å². The monoisotopic (exact) mass is 417 g/mol. The lowest BCUT2D eigenvalue weighted by atomic mass is 10.0. The largest absolute Gasteiger partial charge is 0.496 e. The molecule has 0 aromatic heterocycles. The molecule has 0 saturated carbocycles. The van der Waals surface area contributed by atoms with Crippen LogP contribution in [-0.4, -0.2) is 46.2 Å². The van der Waals surface area contributed by atoms with Crippen LogP contribution in [0.15, 0.2) is 36.4 Å². The highest BCUT2D eigenvalue weighted by atomic mass is 32.2. The Bertz CT molecular complexity index is 1080. The average molecular weight is 417 g/mol. The Morgan fingerprint density at radius 2 is 1.83 bits per heavy atom. The SMILES string of the molecule is COc1cc(C(=O)OCC(=O)c2ccc3c(c2)C[C@H](C)N3S(C)(=O)=O)ccc1C. The fourth-order valence-corrected chi connectivity index (χ4v) is 4.79. The van der Waals surface area contributed by atoms with Crippen molar-refractivity contribution in [3.8, 4) is 5.75 Å². The van der Waals surface area contributed by atoms with Gasteiger partial charge in [0.15, 0.2) is 12.4 Å². The van der Waals surface area contributed by atoms with E-state index in [1.54, 1.807) is 36.4 Å². The van der Waals surface area contributed by atoms with Gasteiger partial charge >= 0.3 is 5.97 Å². The Balaban J connectivity index is 1.71. The second-order valence-electron chi connectivity index (χ2n) is 7.14. The minimum atomic E-state index is -3.39. The summed E-state index contributed by atoms with van der Waals surface area (Å²) in [6, 6.07) is 9.56. The number of ketones is 1. The van der Waals surface area contributed by atoms with Gasteiger partial charge in [-0.15, -0.1) is 0 Å². The molecule has 0 bridgehead atoms. The van der Waals surface area contributed by atoms with Crippen molar-refractivity contribution in [1.29, 1.82) is 0 Å². The summed E-state index contributed by atoms with van der Waals surface area (Å²) in [5.74, 6) is -0.408. The highest BCUT2D eigenvalue weighted by Crippen LogP contribution is 2.34. The van der Waals surface area contributed by atoms with E-state index >= 15 is 0 Å². The van der Waals surface area contributed by atoms with Gasteiger partial charge < -0.3 is 9.47 Å². The number of carbonyl (C=O) groups excluding carboxylic acids is 2. The van der Waals surface area contributed by atoms with Crippen molar-refractivity contribution in [1.82, 2.24) is 0 Å². The number of esters is 1. The fourth-order valence-electron chi connectivity index (χ4n) is 3.53. The van der Waals surface area contributed by atoms with Crippen molar-refractivity contribution in [3.63, 3.8) is 0 Å². The summed E-state index contributed by atoms with van der Waals surface area (Å²) in [6.07, 6.45) is 1.68. The summed E-state index contributed by atoms with van der Waals surface area (Å²) in [5.41, 5.74) is 2.92. The van der Waals surface area contributed by atoms with Gasteiger partial charge in [-0.2, -0.15) is 0 Å². The second kappa shape index (κ2) is 7.87. The summed E-state index contributed by atoms with van der Waals surface area (Å²) < 4.78 is 35.7. The molecule has 0 N–H and O–H groups in total. The van der Waals surface area contributed by atoms with Crippen LogP contribution in [0.5, 0.6) is 5.75 Å². The molecular weight excluding hydrogens is 394 g/mol. The highest BCUT2D eigenvalue weighted by Gasteiger charge is 2.32. The van der Waals surface area contributed by atoms with Crippen LogP contribution in [0.25, 0.3) is 0 Å². The molecule has 1 heterocycles. The number of Topliss-reactive ketones (excluding diaryl/α,β-unsaturated/α-hetero) is 1. The predicted molar refractivity (Wildman–Crippen MR) is 109 cm³/mol. The van der Waals surface area contributed by atoms with Crippen LogP contribution in [0.3, 0.4) is 0 Å². The molecule has 0 spiro atoms. The highest BCUT2D eigenvalue weighted by molar-refractivity contribution is 7.92. The number of nitrogens with zero attached hydrogens (tertiary/aromatic N) is 1. The minimum Gasteiger partial charge on any atom is -0.496 e. The number of rotatable bonds is 6. The van der Waals surface area contributed by atoms with E-state index < -0.39 is 22.6 Å². The summed E-state index contributed by atoms with van der Waals surface area (Å²) in [5, 5.41) is 0. The van der Waals surface area contributed by atoms with Gasteiger partial charge in [0, 0.05) is 11.6 Å². The molecule has 1 atom stereocenters. The zero-order valence-corrected chi connectivity index (χ0v) is 17.6. The van der Waals surface area contributed by atoms with Gasteiger partial charge in [-0.05, 0) is 61.7 Å². The number of methoxy groups -OCH3 is 1. The van der Waals surface area contributed by atoms with E-state index in [1.165, 1.54) is 11.4 Å². The summed E-state index contributed by atoms with van der Waals surface area (Å²) in [6.45, 7) is 3.27. The second-order valence-corrected chi connectivity index (χ2v) is 9.00. The number of fused-ring (bicyclic) bond motifs is 1. The van der Waals surface area contributed by atoms with Gasteiger partial charge in [-0.25, -0.2) is 13.2 Å². The van der Waals surface area contributed by atoms with E-state index in [9.17, 15) is 18.0 Å². The quantitative estimate of drug-likeness (QED) is 0.530. The van der Waals surface area contributed by atoms with Crippen LogP contribution in [0, 0.1) is 6.92 Å². The Morgan fingerprint density at radius 3 is 2.48 bits per heavy atom. The summed E-state index contributed by atoms with van der Waals surface area (Å²) >= 11 is 0. The van der Waals surface area contributed by atoms with Gasteiger partial charge in [0.2, 0.25) is 10.0 Å². The minimum absolute atomic E-state index is 0.209. The number of ether oxygens (including phenoxy) is 2. The standard InChI is InChI=1S/C21H23NO6S/c1-13-5-6-16(11-20(13)27-3)21(24)28-12-19(23)15-7-8-18-17(10-15)9-14(2)22(18)29(4,25)26/h5-8,10-11,14H,9,12H2,1-4H3/t14-/m0/s1. The number of aryl methyl sites for hydroxylation is 1. The van der Waals surface area contributed by atoms with Crippen LogP contribution in [0.4, 0.5) is 5.69 Å². The van der Waals surface area contributed by atoms with Crippen molar-refractivity contribution in [2.75, 3.05) is 24.3 Å². The Hall–Kier alpha value is -2.87. The van der Waals surface area contributed by atoms with Crippen molar-refractivity contribution in [2.45, 2.75) is 26.3 Å². The number of anilines is 1. The lowest BCUT2D eigenvalue weighted by molar-refractivity contribution is 0.0474. The Labute approximate surface area is 170 Å². The first-order valence-electron chi connectivity index (χ1n) is 9.09. The zero-order chi connectivity index (χ0) is 21.3. The predicted octanol–water partition coefficient (Wildman–Crippen LogP) is 2.75. The molecule has 0 radical (unpaired) electrons. The van der Waals surface area contributed by atoms with E-state index in [0.29, 0.717) is 29.0 Å². The molecule has 0 aliphatic carbocycles. The fraction of sp³-hybridized carbons (Fsp3) is 0.333. The molecule has 0 amide bonds. The molecule has 0 unspecified atom stereocenters. The maximum absolute atomic E-state index is 12.5. The zero-order valence-electron chi connectivity index (χ0n) is 16.8. The molecule has 8 heteroatoms. The molecule has 7 nitrogen and oxygen atoms in total. The van der Waals surface area contributed by atoms with Crippen LogP contribution >= 0.6 is 0 Å². The van der Waals surface area contributed by atoms with Crippen molar-refractivity contribution >= 4 is 27.5 Å². The topological polar surface area (TPSA) is 90.0 Å². The number of benzene rings is 2. The van der Waals surface area contributed by atoms with E-state index in [1.807, 2.05) is 13.8 Å². The third-order valence-electron chi connectivity index (χ3n) is 4.89. The smallest absolute Gasteiger partial charge is 0.338 e. The number of carbonyl (C=O) groups is 2. The molecule has 2 aromatic carbocycles. The van der Waals surface area contributed by atoms with Gasteiger partial charge in [-0.3, -0.25) is 9.10 Å². The molecule has 3 rings (SSSR count). The van der Waals surface area contributed by atoms with Crippen LogP contribution in [-0.2, 0) is 21.2 Å². The molecule has 154 valence electrons. The van der Waals surface area contributed by atoms with Gasteiger partial charge in [0.05, 0.1) is 24.6 Å². The maximum atomic E-state index is 12.5. The lowest BCUT2D eigenvalue weighted by Gasteiger charge is -2.21. The Kier molecular flexibility index (Phi) is 5.66. The van der Waals surface area contributed by atoms with Crippen molar-refractivity contribution in [2.24, 2.45) is 0 Å². The Morgan fingerprint density at radius 1 is 1.14 bits per heavy atom. The van der Waals surface area contributed by atoms with Gasteiger partial charge in [0.25, 0.3) is 0 Å².